The lowest BCUT2D eigenvalue weighted by atomic mass is 10.2. The lowest BCUT2D eigenvalue weighted by Gasteiger charge is -2.12. The molecule has 1 fully saturated rings. The average molecular weight is 334 g/mol. The van der Waals surface area contributed by atoms with E-state index in [0.717, 1.165) is 25.1 Å². The van der Waals surface area contributed by atoms with Gasteiger partial charge in [-0.2, -0.15) is 0 Å². The lowest BCUT2D eigenvalue weighted by Crippen LogP contribution is -2.25. The van der Waals surface area contributed by atoms with Gasteiger partial charge in [0.25, 0.3) is 0 Å². The molecule has 0 aromatic carbocycles. The van der Waals surface area contributed by atoms with Crippen molar-refractivity contribution in [2.75, 3.05) is 17.6 Å². The molecule has 18 heavy (non-hydrogen) atoms. The van der Waals surface area contributed by atoms with Gasteiger partial charge in [-0.15, -0.1) is 0 Å². The molecule has 0 bridgehead atoms. The molecule has 1 aromatic heterocycles. The van der Waals surface area contributed by atoms with Gasteiger partial charge in [0.15, 0.2) is 9.84 Å². The fourth-order valence-corrected chi connectivity index (χ4v) is 4.21. The van der Waals surface area contributed by atoms with E-state index in [0.29, 0.717) is 22.7 Å². The van der Waals surface area contributed by atoms with Gasteiger partial charge in [0.05, 0.1) is 11.0 Å². The Morgan fingerprint density at radius 2 is 2.28 bits per heavy atom. The molecular formula is C11H16BrN3O2S. The van der Waals surface area contributed by atoms with Crippen molar-refractivity contribution in [3.05, 3.63) is 16.5 Å². The van der Waals surface area contributed by atoms with Crippen molar-refractivity contribution in [1.29, 1.82) is 0 Å². The summed E-state index contributed by atoms with van der Waals surface area (Å²) in [5.74, 6) is 1.73. The Hall–Kier alpha value is -0.690. The van der Waals surface area contributed by atoms with Crippen LogP contribution in [0, 0.1) is 0 Å². The van der Waals surface area contributed by atoms with Crippen molar-refractivity contribution in [2.24, 2.45) is 0 Å². The molecule has 0 amide bonds. The van der Waals surface area contributed by atoms with Gasteiger partial charge >= 0.3 is 0 Å². The summed E-state index contributed by atoms with van der Waals surface area (Å²) in [5.41, 5.74) is 0. The first-order chi connectivity index (χ1) is 8.51. The highest BCUT2D eigenvalue weighted by Gasteiger charge is 2.30. The Morgan fingerprint density at radius 3 is 2.89 bits per heavy atom. The minimum Gasteiger partial charge on any atom is -0.369 e. The van der Waals surface area contributed by atoms with Crippen molar-refractivity contribution in [3.63, 3.8) is 0 Å². The van der Waals surface area contributed by atoms with Crippen LogP contribution in [0.4, 0.5) is 5.82 Å². The SMILES string of the molecule is CCc1nc(Br)cc(NCC2CCCS2(=O)=O)n1. The second kappa shape index (κ2) is 5.52. The highest BCUT2D eigenvalue weighted by molar-refractivity contribution is 9.10. The Bertz CT molecular complexity index is 533. The zero-order valence-corrected chi connectivity index (χ0v) is 12.6. The van der Waals surface area contributed by atoms with Gasteiger partial charge < -0.3 is 5.32 Å². The van der Waals surface area contributed by atoms with E-state index in [1.165, 1.54) is 0 Å². The van der Waals surface area contributed by atoms with E-state index in [1.807, 2.05) is 6.92 Å². The lowest BCUT2D eigenvalue weighted by molar-refractivity contribution is 0.591. The third-order valence-corrected chi connectivity index (χ3v) is 5.71. The molecule has 1 saturated heterocycles. The van der Waals surface area contributed by atoms with Gasteiger partial charge in [-0.3, -0.25) is 0 Å². The van der Waals surface area contributed by atoms with Gasteiger partial charge in [-0.05, 0) is 28.8 Å². The summed E-state index contributed by atoms with van der Waals surface area (Å²) in [6.45, 7) is 2.40. The van der Waals surface area contributed by atoms with Crippen molar-refractivity contribution in [3.8, 4) is 0 Å². The van der Waals surface area contributed by atoms with Crippen molar-refractivity contribution in [2.45, 2.75) is 31.4 Å². The second-order valence-corrected chi connectivity index (χ2v) is 7.57. The summed E-state index contributed by atoms with van der Waals surface area (Å²) in [6, 6.07) is 1.76. The molecule has 1 aromatic rings. The number of nitrogens with zero attached hydrogens (tertiary/aromatic N) is 2. The van der Waals surface area contributed by atoms with Crippen molar-refractivity contribution in [1.82, 2.24) is 9.97 Å². The normalized spacial score (nSPS) is 22.0. The van der Waals surface area contributed by atoms with Crippen molar-refractivity contribution < 1.29 is 8.42 Å². The number of sulfone groups is 1. The maximum atomic E-state index is 11.7. The first-order valence-corrected chi connectivity index (χ1v) is 8.51. The van der Waals surface area contributed by atoms with Crippen LogP contribution in [0.1, 0.15) is 25.6 Å². The number of halogens is 1. The van der Waals surface area contributed by atoms with E-state index < -0.39 is 9.84 Å². The average Bonchev–Trinajstić information content (AvgIpc) is 2.65. The molecule has 7 heteroatoms. The van der Waals surface area contributed by atoms with Crippen LogP contribution < -0.4 is 5.32 Å². The zero-order chi connectivity index (χ0) is 13.2. The predicted octanol–water partition coefficient (Wildman–Crippen LogP) is 1.79. The smallest absolute Gasteiger partial charge is 0.154 e. The van der Waals surface area contributed by atoms with Crippen LogP contribution >= 0.6 is 15.9 Å². The van der Waals surface area contributed by atoms with Crippen LogP contribution in [-0.4, -0.2) is 35.9 Å². The van der Waals surface area contributed by atoms with Crippen LogP contribution in [0.2, 0.25) is 0 Å². The molecule has 5 nitrogen and oxygen atoms in total. The Labute approximate surface area is 115 Å². The van der Waals surface area contributed by atoms with Crippen LogP contribution in [0.3, 0.4) is 0 Å². The van der Waals surface area contributed by atoms with Gasteiger partial charge in [0.2, 0.25) is 0 Å². The van der Waals surface area contributed by atoms with Gasteiger partial charge in [0, 0.05) is 19.0 Å². The molecule has 1 N–H and O–H groups in total. The maximum Gasteiger partial charge on any atom is 0.154 e. The number of rotatable bonds is 4. The molecule has 0 saturated carbocycles. The predicted molar refractivity (Wildman–Crippen MR) is 74.4 cm³/mol. The number of aryl methyl sites for hydroxylation is 1. The minimum absolute atomic E-state index is 0.281. The molecule has 2 rings (SSSR count). The van der Waals surface area contributed by atoms with E-state index in [1.54, 1.807) is 6.07 Å². The molecule has 0 spiro atoms. The summed E-state index contributed by atoms with van der Waals surface area (Å²) in [7, 11) is -2.90. The Balaban J connectivity index is 2.04. The summed E-state index contributed by atoms with van der Waals surface area (Å²) >= 11 is 3.32. The summed E-state index contributed by atoms with van der Waals surface area (Å²) in [5, 5.41) is 2.82. The van der Waals surface area contributed by atoms with E-state index >= 15 is 0 Å². The van der Waals surface area contributed by atoms with Crippen LogP contribution in [0.5, 0.6) is 0 Å². The fraction of sp³-hybridized carbons (Fsp3) is 0.636. The minimum atomic E-state index is -2.90. The highest BCUT2D eigenvalue weighted by atomic mass is 79.9. The molecule has 0 radical (unpaired) electrons. The van der Waals surface area contributed by atoms with E-state index in [2.05, 4.69) is 31.2 Å². The monoisotopic (exact) mass is 333 g/mol. The fourth-order valence-electron chi connectivity index (χ4n) is 2.02. The number of aromatic nitrogens is 2. The largest absolute Gasteiger partial charge is 0.369 e. The molecule has 1 aliphatic heterocycles. The standard InChI is InChI=1S/C11H16BrN3O2S/c1-2-10-14-9(12)6-11(15-10)13-7-8-4-3-5-18(8,16)17/h6,8H,2-5,7H2,1H3,(H,13,14,15). The van der Waals surface area contributed by atoms with E-state index in [9.17, 15) is 8.42 Å². The number of anilines is 1. The van der Waals surface area contributed by atoms with Gasteiger partial charge in [-0.1, -0.05) is 6.92 Å². The van der Waals surface area contributed by atoms with E-state index in [4.69, 9.17) is 0 Å². The third-order valence-electron chi connectivity index (χ3n) is 3.03. The van der Waals surface area contributed by atoms with Crippen LogP contribution in [0.15, 0.2) is 10.7 Å². The summed E-state index contributed by atoms with van der Waals surface area (Å²) in [6.07, 6.45) is 2.25. The summed E-state index contributed by atoms with van der Waals surface area (Å²) < 4.78 is 24.1. The van der Waals surface area contributed by atoms with Gasteiger partial charge in [0.1, 0.15) is 16.2 Å². The Morgan fingerprint density at radius 1 is 1.50 bits per heavy atom. The maximum absolute atomic E-state index is 11.7. The highest BCUT2D eigenvalue weighted by Crippen LogP contribution is 2.21. The quantitative estimate of drug-likeness (QED) is 0.850. The van der Waals surface area contributed by atoms with Gasteiger partial charge in [-0.25, -0.2) is 18.4 Å². The molecular weight excluding hydrogens is 318 g/mol. The number of hydrogen-bond acceptors (Lipinski definition) is 5. The number of nitrogens with one attached hydrogen (secondary N) is 1. The molecule has 0 aliphatic carbocycles. The van der Waals surface area contributed by atoms with Crippen LogP contribution in [-0.2, 0) is 16.3 Å². The molecule has 2 heterocycles. The first kappa shape index (κ1) is 13.7. The second-order valence-electron chi connectivity index (χ2n) is 4.36. The first-order valence-electron chi connectivity index (χ1n) is 6.00. The molecule has 1 unspecified atom stereocenters. The molecule has 100 valence electrons. The molecule has 1 aliphatic rings. The number of hydrogen-bond donors (Lipinski definition) is 1. The third kappa shape index (κ3) is 3.20. The van der Waals surface area contributed by atoms with Crippen molar-refractivity contribution >= 4 is 31.6 Å². The Kier molecular flexibility index (Phi) is 4.21. The topological polar surface area (TPSA) is 72.0 Å². The zero-order valence-electron chi connectivity index (χ0n) is 10.2. The van der Waals surface area contributed by atoms with E-state index in [-0.39, 0.29) is 5.25 Å². The van der Waals surface area contributed by atoms with Crippen LogP contribution in [0.25, 0.3) is 0 Å². The summed E-state index contributed by atoms with van der Waals surface area (Å²) in [4.78, 5) is 8.52. The molecule has 1 atom stereocenters.